The Morgan fingerprint density at radius 2 is 1.96 bits per heavy atom. The van der Waals surface area contributed by atoms with Crippen LogP contribution >= 0.6 is 0 Å². The van der Waals surface area contributed by atoms with Gasteiger partial charge in [-0.1, -0.05) is 30.3 Å². The van der Waals surface area contributed by atoms with E-state index in [0.29, 0.717) is 0 Å². The van der Waals surface area contributed by atoms with Crippen molar-refractivity contribution in [2.45, 2.75) is 38.1 Å². The first-order chi connectivity index (χ1) is 13.7. The van der Waals surface area contributed by atoms with Crippen molar-refractivity contribution in [1.82, 2.24) is 4.98 Å². The second-order valence-corrected chi connectivity index (χ2v) is 8.02. The fourth-order valence-corrected chi connectivity index (χ4v) is 4.78. The van der Waals surface area contributed by atoms with E-state index in [1.54, 1.807) is 0 Å². The highest BCUT2D eigenvalue weighted by molar-refractivity contribution is 5.98. The van der Waals surface area contributed by atoms with E-state index < -0.39 is 0 Å². The van der Waals surface area contributed by atoms with E-state index in [1.807, 2.05) is 24.3 Å². The minimum Gasteiger partial charge on any atom is -0.369 e. The van der Waals surface area contributed by atoms with Crippen LogP contribution in [0.1, 0.15) is 40.9 Å². The SMILES string of the molecule is N[C@H]1CCN(c2c3c(nc4ccc(-c5ccccc5C=O)cc24)CCCC3)C1. The third-order valence-electron chi connectivity index (χ3n) is 6.17. The molecule has 0 radical (unpaired) electrons. The number of anilines is 1. The molecule has 1 saturated heterocycles. The lowest BCUT2D eigenvalue weighted by Gasteiger charge is -2.28. The van der Waals surface area contributed by atoms with Gasteiger partial charge >= 0.3 is 0 Å². The molecule has 0 bridgehead atoms. The minimum atomic E-state index is 0.237. The summed E-state index contributed by atoms with van der Waals surface area (Å²) in [6, 6.07) is 14.4. The van der Waals surface area contributed by atoms with Crippen LogP contribution in [-0.2, 0) is 12.8 Å². The summed E-state index contributed by atoms with van der Waals surface area (Å²) in [4.78, 5) is 19.0. The molecule has 1 fully saturated rings. The van der Waals surface area contributed by atoms with E-state index >= 15 is 0 Å². The summed E-state index contributed by atoms with van der Waals surface area (Å²) in [6.45, 7) is 1.91. The molecule has 1 aliphatic heterocycles. The Labute approximate surface area is 165 Å². The van der Waals surface area contributed by atoms with Gasteiger partial charge in [-0.15, -0.1) is 0 Å². The summed E-state index contributed by atoms with van der Waals surface area (Å²) < 4.78 is 0. The van der Waals surface area contributed by atoms with Crippen LogP contribution in [0.2, 0.25) is 0 Å². The van der Waals surface area contributed by atoms with Crippen LogP contribution in [0.4, 0.5) is 5.69 Å². The molecule has 0 unspecified atom stereocenters. The maximum Gasteiger partial charge on any atom is 0.150 e. The molecule has 5 rings (SSSR count). The molecule has 4 nitrogen and oxygen atoms in total. The smallest absolute Gasteiger partial charge is 0.150 e. The van der Waals surface area contributed by atoms with Gasteiger partial charge in [-0.2, -0.15) is 0 Å². The number of hydrogen-bond donors (Lipinski definition) is 1. The summed E-state index contributed by atoms with van der Waals surface area (Å²) in [6.07, 6.45) is 6.57. The summed E-state index contributed by atoms with van der Waals surface area (Å²) in [5.41, 5.74) is 14.1. The lowest BCUT2D eigenvalue weighted by Crippen LogP contribution is -2.28. The van der Waals surface area contributed by atoms with Crippen molar-refractivity contribution < 1.29 is 4.79 Å². The van der Waals surface area contributed by atoms with Gasteiger partial charge in [0.2, 0.25) is 0 Å². The number of carbonyl (C=O) groups excluding carboxylic acids is 1. The average Bonchev–Trinajstić information content (AvgIpc) is 3.17. The first-order valence-electron chi connectivity index (χ1n) is 10.2. The number of carbonyl (C=O) groups is 1. The zero-order chi connectivity index (χ0) is 19.1. The van der Waals surface area contributed by atoms with Crippen molar-refractivity contribution in [3.8, 4) is 11.1 Å². The Hall–Kier alpha value is -2.72. The summed E-state index contributed by atoms with van der Waals surface area (Å²) in [7, 11) is 0. The highest BCUT2D eigenvalue weighted by atomic mass is 16.1. The van der Waals surface area contributed by atoms with Gasteiger partial charge in [0.05, 0.1) is 11.2 Å². The molecule has 2 aliphatic rings. The van der Waals surface area contributed by atoms with E-state index in [1.165, 1.54) is 35.2 Å². The molecule has 1 atom stereocenters. The Balaban J connectivity index is 1.74. The average molecular weight is 371 g/mol. The van der Waals surface area contributed by atoms with Gasteiger partial charge in [-0.05, 0) is 60.9 Å². The lowest BCUT2D eigenvalue weighted by atomic mass is 9.91. The molecule has 0 saturated carbocycles. The third-order valence-corrected chi connectivity index (χ3v) is 6.17. The first kappa shape index (κ1) is 17.4. The number of pyridine rings is 1. The molecule has 1 aliphatic carbocycles. The van der Waals surface area contributed by atoms with Crippen molar-refractivity contribution >= 4 is 22.9 Å². The second-order valence-electron chi connectivity index (χ2n) is 8.02. The highest BCUT2D eigenvalue weighted by Gasteiger charge is 2.27. The van der Waals surface area contributed by atoms with Gasteiger partial charge in [-0.25, -0.2) is 0 Å². The Morgan fingerprint density at radius 3 is 2.79 bits per heavy atom. The Morgan fingerprint density at radius 1 is 1.11 bits per heavy atom. The van der Waals surface area contributed by atoms with Crippen molar-refractivity contribution in [3.63, 3.8) is 0 Å². The standard InChI is InChI=1S/C24H25N3O/c25-18-11-12-27(14-18)24-20-7-3-4-8-22(20)26-23-10-9-16(13-21(23)24)19-6-2-1-5-17(19)15-28/h1-2,5-6,9-10,13,15,18H,3-4,7-8,11-12,14,25H2/t18-/m0/s1. The number of fused-ring (bicyclic) bond motifs is 2. The number of benzene rings is 2. The van der Waals surface area contributed by atoms with Crippen LogP contribution < -0.4 is 10.6 Å². The van der Waals surface area contributed by atoms with Crippen LogP contribution in [-0.4, -0.2) is 30.4 Å². The molecule has 4 heteroatoms. The van der Waals surface area contributed by atoms with Crippen LogP contribution in [0.25, 0.3) is 22.0 Å². The number of hydrogen-bond acceptors (Lipinski definition) is 4. The number of nitrogens with zero attached hydrogens (tertiary/aromatic N) is 2. The molecule has 1 aromatic heterocycles. The minimum absolute atomic E-state index is 0.237. The van der Waals surface area contributed by atoms with Gasteiger partial charge in [0.25, 0.3) is 0 Å². The zero-order valence-electron chi connectivity index (χ0n) is 16.0. The predicted molar refractivity (Wildman–Crippen MR) is 114 cm³/mol. The molecular weight excluding hydrogens is 346 g/mol. The van der Waals surface area contributed by atoms with E-state index in [0.717, 1.165) is 60.8 Å². The van der Waals surface area contributed by atoms with E-state index in [9.17, 15) is 4.79 Å². The highest BCUT2D eigenvalue weighted by Crippen LogP contribution is 2.39. The monoisotopic (exact) mass is 371 g/mol. The van der Waals surface area contributed by atoms with Crippen LogP contribution in [0.15, 0.2) is 42.5 Å². The molecule has 28 heavy (non-hydrogen) atoms. The van der Waals surface area contributed by atoms with E-state index in [2.05, 4.69) is 23.1 Å². The van der Waals surface area contributed by atoms with Crippen LogP contribution in [0, 0.1) is 0 Å². The maximum absolute atomic E-state index is 11.5. The molecular formula is C24H25N3O. The Kier molecular flexibility index (Phi) is 4.36. The van der Waals surface area contributed by atoms with Crippen molar-refractivity contribution in [3.05, 3.63) is 59.3 Å². The number of aromatic nitrogens is 1. The number of aryl methyl sites for hydroxylation is 1. The normalized spacial score (nSPS) is 19.0. The number of aldehydes is 1. The van der Waals surface area contributed by atoms with Crippen molar-refractivity contribution in [1.29, 1.82) is 0 Å². The molecule has 2 aromatic carbocycles. The summed E-state index contributed by atoms with van der Waals surface area (Å²) >= 11 is 0. The van der Waals surface area contributed by atoms with Gasteiger partial charge in [0, 0.05) is 35.8 Å². The second kappa shape index (κ2) is 7.02. The summed E-state index contributed by atoms with van der Waals surface area (Å²) in [5.74, 6) is 0. The fourth-order valence-electron chi connectivity index (χ4n) is 4.78. The van der Waals surface area contributed by atoms with Gasteiger partial charge in [0.15, 0.2) is 6.29 Å². The van der Waals surface area contributed by atoms with Crippen molar-refractivity contribution in [2.75, 3.05) is 18.0 Å². The molecule has 0 amide bonds. The van der Waals surface area contributed by atoms with Gasteiger partial charge in [0.1, 0.15) is 0 Å². The number of nitrogens with two attached hydrogens (primary N) is 1. The first-order valence-corrected chi connectivity index (χ1v) is 10.2. The van der Waals surface area contributed by atoms with Gasteiger partial charge < -0.3 is 10.6 Å². The molecule has 0 spiro atoms. The lowest BCUT2D eigenvalue weighted by molar-refractivity contribution is 0.112. The number of rotatable bonds is 3. The molecule has 142 valence electrons. The van der Waals surface area contributed by atoms with Gasteiger partial charge in [-0.3, -0.25) is 9.78 Å². The van der Waals surface area contributed by atoms with E-state index in [4.69, 9.17) is 10.7 Å². The maximum atomic E-state index is 11.5. The van der Waals surface area contributed by atoms with Crippen molar-refractivity contribution in [2.24, 2.45) is 5.73 Å². The summed E-state index contributed by atoms with van der Waals surface area (Å²) in [5, 5.41) is 1.19. The fraction of sp³-hybridized carbons (Fsp3) is 0.333. The third kappa shape index (κ3) is 2.89. The van der Waals surface area contributed by atoms with E-state index in [-0.39, 0.29) is 6.04 Å². The van der Waals surface area contributed by atoms with Crippen LogP contribution in [0.5, 0.6) is 0 Å². The quantitative estimate of drug-likeness (QED) is 0.703. The molecule has 3 aromatic rings. The molecule has 2 heterocycles. The van der Waals surface area contributed by atoms with Crippen LogP contribution in [0.3, 0.4) is 0 Å². The Bertz CT molecular complexity index is 1060. The largest absolute Gasteiger partial charge is 0.369 e. The topological polar surface area (TPSA) is 59.2 Å². The zero-order valence-corrected chi connectivity index (χ0v) is 16.0. The molecule has 2 N–H and O–H groups in total. The predicted octanol–water partition coefficient (Wildman–Crippen LogP) is 4.13.